The van der Waals surface area contributed by atoms with Crippen LogP contribution in [0.5, 0.6) is 11.5 Å². The van der Waals surface area contributed by atoms with Crippen LogP contribution in [0.1, 0.15) is 32.1 Å². The van der Waals surface area contributed by atoms with Crippen molar-refractivity contribution in [2.24, 2.45) is 23.5 Å². The third-order valence-electron chi connectivity index (χ3n) is 6.38. The molecule has 0 radical (unpaired) electrons. The summed E-state index contributed by atoms with van der Waals surface area (Å²) in [6.07, 6.45) is 5.41. The smallest absolute Gasteiger partial charge is 0.227 e. The number of rotatable bonds is 4. The average molecular weight is 381 g/mol. The summed E-state index contributed by atoms with van der Waals surface area (Å²) in [6, 6.07) is 7.81. The van der Waals surface area contributed by atoms with E-state index >= 15 is 0 Å². The van der Waals surface area contributed by atoms with Gasteiger partial charge < -0.3 is 20.1 Å². The molecule has 2 bridgehead atoms. The zero-order valence-corrected chi connectivity index (χ0v) is 16.1. The van der Waals surface area contributed by atoms with Crippen molar-refractivity contribution in [3.8, 4) is 11.5 Å². The number of ether oxygens (including phenoxy) is 2. The predicted octanol–water partition coefficient (Wildman–Crippen LogP) is 2.86. The third-order valence-corrected chi connectivity index (χ3v) is 6.38. The van der Waals surface area contributed by atoms with Crippen LogP contribution in [0.15, 0.2) is 24.3 Å². The van der Waals surface area contributed by atoms with E-state index in [-0.39, 0.29) is 36.4 Å². The molecule has 26 heavy (non-hydrogen) atoms. The lowest BCUT2D eigenvalue weighted by molar-refractivity contribution is -0.139. The van der Waals surface area contributed by atoms with Gasteiger partial charge in [-0.1, -0.05) is 12.1 Å². The molecule has 2 aliphatic carbocycles. The van der Waals surface area contributed by atoms with Crippen LogP contribution < -0.4 is 15.2 Å². The van der Waals surface area contributed by atoms with Crippen LogP contribution in [0.25, 0.3) is 0 Å². The Bertz CT molecular complexity index is 631. The molecule has 5 nitrogen and oxygen atoms in total. The van der Waals surface area contributed by atoms with Crippen LogP contribution in [-0.2, 0) is 4.79 Å². The van der Waals surface area contributed by atoms with Crippen LogP contribution in [0, 0.1) is 17.8 Å². The Balaban J connectivity index is 0.00000196. The predicted molar refractivity (Wildman–Crippen MR) is 103 cm³/mol. The lowest BCUT2D eigenvalue weighted by Crippen LogP contribution is -2.50. The van der Waals surface area contributed by atoms with Gasteiger partial charge in [-0.25, -0.2) is 0 Å². The maximum Gasteiger partial charge on any atom is 0.227 e. The minimum absolute atomic E-state index is 0. The molecule has 1 aliphatic heterocycles. The summed E-state index contributed by atoms with van der Waals surface area (Å²) in [5.74, 6) is 2.99. The topological polar surface area (TPSA) is 64.8 Å². The van der Waals surface area contributed by atoms with Crippen LogP contribution in [0.2, 0.25) is 0 Å². The molecule has 0 spiro atoms. The van der Waals surface area contributed by atoms with E-state index in [0.29, 0.717) is 11.8 Å². The number of fused-ring (bicyclic) bond motifs is 2. The Morgan fingerprint density at radius 1 is 1.08 bits per heavy atom. The lowest BCUT2D eigenvalue weighted by Gasteiger charge is -2.37. The van der Waals surface area contributed by atoms with Gasteiger partial charge in [0, 0.05) is 32.0 Å². The van der Waals surface area contributed by atoms with Gasteiger partial charge in [0.05, 0.1) is 13.0 Å². The molecule has 144 valence electrons. The van der Waals surface area contributed by atoms with Crippen molar-refractivity contribution in [2.75, 3.05) is 20.2 Å². The number of benzene rings is 1. The Morgan fingerprint density at radius 2 is 1.73 bits per heavy atom. The van der Waals surface area contributed by atoms with Gasteiger partial charge >= 0.3 is 0 Å². The molecule has 4 atom stereocenters. The number of carbonyl (C=O) groups excluding carboxylic acids is 1. The van der Waals surface area contributed by atoms with Crippen molar-refractivity contribution in [3.63, 3.8) is 0 Å². The van der Waals surface area contributed by atoms with E-state index in [4.69, 9.17) is 15.2 Å². The first-order chi connectivity index (χ1) is 12.2. The summed E-state index contributed by atoms with van der Waals surface area (Å²) in [7, 11) is 1.65. The molecule has 2 saturated carbocycles. The molecule has 2 N–H and O–H groups in total. The number of likely N-dealkylation sites (tertiary alicyclic amines) is 1. The van der Waals surface area contributed by atoms with Crippen LogP contribution in [0.4, 0.5) is 0 Å². The van der Waals surface area contributed by atoms with E-state index < -0.39 is 0 Å². The molecule has 1 saturated heterocycles. The number of nitrogens with two attached hydrogens (primary N) is 1. The van der Waals surface area contributed by atoms with E-state index in [1.807, 2.05) is 29.2 Å². The summed E-state index contributed by atoms with van der Waals surface area (Å²) in [5, 5.41) is 0. The summed E-state index contributed by atoms with van der Waals surface area (Å²) in [5.41, 5.74) is 6.35. The largest absolute Gasteiger partial charge is 0.493 e. The minimum atomic E-state index is 0. The molecule has 6 heteroatoms. The Kier molecular flexibility index (Phi) is 5.98. The van der Waals surface area contributed by atoms with Gasteiger partial charge in [-0.2, -0.15) is 0 Å². The Hall–Kier alpha value is -1.46. The van der Waals surface area contributed by atoms with Crippen molar-refractivity contribution in [1.82, 2.24) is 4.90 Å². The van der Waals surface area contributed by atoms with Crippen LogP contribution >= 0.6 is 12.4 Å². The second kappa shape index (κ2) is 8.05. The summed E-state index contributed by atoms with van der Waals surface area (Å²) in [4.78, 5) is 15.0. The fourth-order valence-electron chi connectivity index (χ4n) is 5.00. The van der Waals surface area contributed by atoms with Crippen molar-refractivity contribution >= 4 is 18.3 Å². The number of hydrogen-bond acceptors (Lipinski definition) is 4. The van der Waals surface area contributed by atoms with E-state index in [0.717, 1.165) is 43.9 Å². The van der Waals surface area contributed by atoms with Gasteiger partial charge in [-0.15, -0.1) is 12.4 Å². The summed E-state index contributed by atoms with van der Waals surface area (Å²) >= 11 is 0. The molecule has 3 aliphatic rings. The first-order valence-electron chi connectivity index (χ1n) is 9.51. The number of amides is 1. The van der Waals surface area contributed by atoms with Crippen LogP contribution in [-0.4, -0.2) is 43.2 Å². The normalized spacial score (nSPS) is 30.8. The first kappa shape index (κ1) is 19.3. The zero-order chi connectivity index (χ0) is 17.4. The van der Waals surface area contributed by atoms with E-state index in [9.17, 15) is 4.79 Å². The number of carbonyl (C=O) groups is 1. The van der Waals surface area contributed by atoms with Crippen molar-refractivity contribution in [2.45, 2.75) is 44.2 Å². The summed E-state index contributed by atoms with van der Waals surface area (Å²) < 4.78 is 11.5. The Morgan fingerprint density at radius 3 is 2.35 bits per heavy atom. The second-order valence-corrected chi connectivity index (χ2v) is 7.73. The highest BCUT2D eigenvalue weighted by atomic mass is 35.5. The van der Waals surface area contributed by atoms with Crippen molar-refractivity contribution < 1.29 is 14.3 Å². The van der Waals surface area contributed by atoms with Gasteiger partial charge in [-0.3, -0.25) is 4.79 Å². The van der Waals surface area contributed by atoms with Gasteiger partial charge in [-0.05, 0) is 43.2 Å². The lowest BCUT2D eigenvalue weighted by atomic mass is 9.83. The van der Waals surface area contributed by atoms with Gasteiger partial charge in [0.25, 0.3) is 0 Å². The quantitative estimate of drug-likeness (QED) is 0.872. The number of para-hydroxylation sites is 2. The fourth-order valence-corrected chi connectivity index (χ4v) is 5.00. The minimum Gasteiger partial charge on any atom is -0.493 e. The number of hydrogen-bond donors (Lipinski definition) is 1. The molecule has 1 aromatic rings. The molecule has 4 rings (SSSR count). The third kappa shape index (κ3) is 3.52. The highest BCUT2D eigenvalue weighted by molar-refractivity contribution is 5.85. The highest BCUT2D eigenvalue weighted by Crippen LogP contribution is 2.48. The monoisotopic (exact) mass is 380 g/mol. The Labute approximate surface area is 161 Å². The molecule has 0 aromatic heterocycles. The number of methoxy groups -OCH3 is 1. The van der Waals surface area contributed by atoms with Gasteiger partial charge in [0.15, 0.2) is 11.5 Å². The standard InChI is InChI=1S/C20H28N2O3.ClH/c1-24-16-4-2-3-5-17(16)25-15-8-10-22(11-9-15)20(23)18-13-6-7-14(12-13)19(18)21;/h2-5,13-15,18-19H,6-12,21H2,1H3;1H/t13-,14+,18-,19+;/m1./s1. The number of halogens is 1. The number of piperidine rings is 1. The van der Waals surface area contributed by atoms with Gasteiger partial charge in [0.2, 0.25) is 5.91 Å². The molecule has 1 heterocycles. The van der Waals surface area contributed by atoms with E-state index in [1.165, 1.54) is 12.8 Å². The molecule has 1 aromatic carbocycles. The first-order valence-corrected chi connectivity index (χ1v) is 9.51. The molecular formula is C20H29ClN2O3. The second-order valence-electron chi connectivity index (χ2n) is 7.73. The maximum atomic E-state index is 13.0. The molecule has 3 fully saturated rings. The maximum absolute atomic E-state index is 13.0. The van der Waals surface area contributed by atoms with Crippen molar-refractivity contribution in [1.29, 1.82) is 0 Å². The van der Waals surface area contributed by atoms with Gasteiger partial charge in [0.1, 0.15) is 6.10 Å². The van der Waals surface area contributed by atoms with E-state index in [2.05, 4.69) is 0 Å². The number of nitrogens with zero attached hydrogens (tertiary/aromatic N) is 1. The van der Waals surface area contributed by atoms with Crippen molar-refractivity contribution in [3.05, 3.63) is 24.3 Å². The molecular weight excluding hydrogens is 352 g/mol. The summed E-state index contributed by atoms with van der Waals surface area (Å²) in [6.45, 7) is 1.53. The van der Waals surface area contributed by atoms with Crippen LogP contribution in [0.3, 0.4) is 0 Å². The fraction of sp³-hybridized carbons (Fsp3) is 0.650. The molecule has 1 amide bonds. The average Bonchev–Trinajstić information content (AvgIpc) is 3.23. The van der Waals surface area contributed by atoms with E-state index in [1.54, 1.807) is 7.11 Å². The molecule has 0 unspecified atom stereocenters. The SMILES string of the molecule is COc1ccccc1OC1CCN(C(=O)[C@@H]2[C@@H]3CC[C@@H](C3)[C@@H]2N)CC1.Cl. The highest BCUT2D eigenvalue weighted by Gasteiger charge is 2.50. The zero-order valence-electron chi connectivity index (χ0n) is 15.3.